The first-order valence-corrected chi connectivity index (χ1v) is 7.28. The first-order valence-electron chi connectivity index (χ1n) is 6.40. The number of rotatable bonds is 3. The summed E-state index contributed by atoms with van der Waals surface area (Å²) in [4.78, 5) is 27.7. The van der Waals surface area contributed by atoms with Crippen molar-refractivity contribution in [3.05, 3.63) is 21.9 Å². The van der Waals surface area contributed by atoms with E-state index in [4.69, 9.17) is 5.11 Å². The number of fused-ring (bicyclic) bond motifs is 1. The summed E-state index contributed by atoms with van der Waals surface area (Å²) in [6.07, 6.45) is 0.671. The van der Waals surface area contributed by atoms with Crippen LogP contribution in [0.4, 0.5) is 4.79 Å². The second kappa shape index (κ2) is 5.80. The third-order valence-electron chi connectivity index (χ3n) is 3.67. The molecule has 1 aromatic rings. The van der Waals surface area contributed by atoms with Crippen LogP contribution in [0.5, 0.6) is 0 Å². The number of carboxylic acids is 1. The lowest BCUT2D eigenvalue weighted by atomic mass is 10.0. The van der Waals surface area contributed by atoms with Crippen LogP contribution < -0.4 is 0 Å². The van der Waals surface area contributed by atoms with Crippen molar-refractivity contribution >= 4 is 23.3 Å². The minimum atomic E-state index is -1.03. The van der Waals surface area contributed by atoms with Crippen LogP contribution in [0.25, 0.3) is 0 Å². The molecule has 6 nitrogen and oxygen atoms in total. The van der Waals surface area contributed by atoms with Crippen LogP contribution in [-0.4, -0.2) is 58.3 Å². The van der Waals surface area contributed by atoms with Crippen molar-refractivity contribution in [2.45, 2.75) is 25.4 Å². The molecule has 0 radical (unpaired) electrons. The van der Waals surface area contributed by atoms with E-state index in [1.165, 1.54) is 21.1 Å². The molecule has 20 heavy (non-hydrogen) atoms. The second-order valence-electron chi connectivity index (χ2n) is 4.91. The molecule has 7 heteroatoms. The summed E-state index contributed by atoms with van der Waals surface area (Å²) in [7, 11) is 1.57. The van der Waals surface area contributed by atoms with Crippen LogP contribution >= 0.6 is 11.3 Å². The summed E-state index contributed by atoms with van der Waals surface area (Å²) in [5.41, 5.74) is 0.701. The Hall–Kier alpha value is -1.60. The van der Waals surface area contributed by atoms with Gasteiger partial charge in [-0.3, -0.25) is 0 Å². The van der Waals surface area contributed by atoms with Crippen molar-refractivity contribution < 1.29 is 19.8 Å². The molecule has 1 aliphatic heterocycles. The van der Waals surface area contributed by atoms with Gasteiger partial charge >= 0.3 is 12.0 Å². The molecule has 0 bridgehead atoms. The van der Waals surface area contributed by atoms with Crippen LogP contribution in [-0.2, 0) is 11.2 Å². The van der Waals surface area contributed by atoms with Gasteiger partial charge < -0.3 is 20.0 Å². The second-order valence-corrected chi connectivity index (χ2v) is 5.91. The van der Waals surface area contributed by atoms with Crippen LogP contribution in [0.1, 0.15) is 23.4 Å². The van der Waals surface area contributed by atoms with E-state index in [1.54, 1.807) is 20.0 Å². The number of nitrogens with zero attached hydrogens (tertiary/aromatic N) is 2. The lowest BCUT2D eigenvalue weighted by Crippen LogP contribution is -2.51. The van der Waals surface area contributed by atoms with Crippen LogP contribution in [0, 0.1) is 0 Å². The summed E-state index contributed by atoms with van der Waals surface area (Å²) in [6, 6.07) is 0.121. The predicted molar refractivity (Wildman–Crippen MR) is 74.8 cm³/mol. The van der Waals surface area contributed by atoms with Gasteiger partial charge in [-0.1, -0.05) is 0 Å². The van der Waals surface area contributed by atoms with E-state index in [1.807, 2.05) is 5.38 Å². The molecule has 1 aromatic heterocycles. The number of thiophene rings is 1. The fourth-order valence-corrected chi connectivity index (χ4v) is 3.21. The van der Waals surface area contributed by atoms with Gasteiger partial charge in [0.15, 0.2) is 6.04 Å². The number of carbonyl (C=O) groups excluding carboxylic acids is 1. The highest BCUT2D eigenvalue weighted by molar-refractivity contribution is 7.10. The van der Waals surface area contributed by atoms with Crippen LogP contribution in [0.3, 0.4) is 0 Å². The minimum Gasteiger partial charge on any atom is -0.479 e. The Bertz CT molecular complexity index is 516. The molecule has 2 unspecified atom stereocenters. The highest BCUT2D eigenvalue weighted by Crippen LogP contribution is 2.34. The quantitative estimate of drug-likeness (QED) is 0.877. The Morgan fingerprint density at radius 2 is 2.30 bits per heavy atom. The van der Waals surface area contributed by atoms with E-state index in [0.717, 1.165) is 4.88 Å². The lowest BCUT2D eigenvalue weighted by Gasteiger charge is -2.37. The van der Waals surface area contributed by atoms with Crippen molar-refractivity contribution in [1.29, 1.82) is 0 Å². The molecule has 2 rings (SSSR count). The largest absolute Gasteiger partial charge is 0.479 e. The smallest absolute Gasteiger partial charge is 0.331 e. The minimum absolute atomic E-state index is 0.155. The third-order valence-corrected chi connectivity index (χ3v) is 4.67. The van der Waals surface area contributed by atoms with E-state index in [9.17, 15) is 14.7 Å². The zero-order valence-electron chi connectivity index (χ0n) is 11.4. The Balaban J connectivity index is 2.28. The van der Waals surface area contributed by atoms with Gasteiger partial charge in [0.25, 0.3) is 0 Å². The van der Waals surface area contributed by atoms with Crippen LogP contribution in [0.15, 0.2) is 11.4 Å². The van der Waals surface area contributed by atoms with E-state index < -0.39 is 12.0 Å². The average Bonchev–Trinajstić information content (AvgIpc) is 2.91. The average molecular weight is 298 g/mol. The van der Waals surface area contributed by atoms with Crippen LogP contribution in [0.2, 0.25) is 0 Å². The van der Waals surface area contributed by atoms with Crippen molar-refractivity contribution in [1.82, 2.24) is 9.80 Å². The maximum absolute atomic E-state index is 12.4. The van der Waals surface area contributed by atoms with E-state index in [2.05, 4.69) is 0 Å². The number of aliphatic hydroxyl groups excluding tert-OH is 1. The predicted octanol–water partition coefficient (Wildman–Crippen LogP) is 1.16. The molecule has 2 atom stereocenters. The maximum atomic E-state index is 12.4. The fourth-order valence-electron chi connectivity index (χ4n) is 2.30. The number of likely N-dealkylation sites (N-methyl/N-ethyl adjacent to an activating group) is 1. The van der Waals surface area contributed by atoms with Gasteiger partial charge in [-0.25, -0.2) is 9.59 Å². The summed E-state index contributed by atoms with van der Waals surface area (Å²) >= 11 is 1.52. The Morgan fingerprint density at radius 1 is 1.60 bits per heavy atom. The van der Waals surface area contributed by atoms with E-state index in [0.29, 0.717) is 18.5 Å². The standard InChI is InChI=1S/C13H18N2O4S/c1-8(7-16)14(2)13(19)15-5-3-10-9(4-6-20-10)11(15)12(17)18/h4,6,8,11,16H,3,5,7H2,1-2H3,(H,17,18). The summed E-state index contributed by atoms with van der Waals surface area (Å²) < 4.78 is 0. The normalized spacial score (nSPS) is 19.4. The first kappa shape index (κ1) is 14.8. The number of carboxylic acid groups (broad SMARTS) is 1. The number of hydrogen-bond donors (Lipinski definition) is 2. The molecule has 0 aliphatic carbocycles. The zero-order chi connectivity index (χ0) is 14.9. The number of hydrogen-bond acceptors (Lipinski definition) is 4. The molecule has 110 valence electrons. The topological polar surface area (TPSA) is 81.1 Å². The highest BCUT2D eigenvalue weighted by atomic mass is 32.1. The molecule has 1 aliphatic rings. The van der Waals surface area contributed by atoms with Gasteiger partial charge in [-0.15, -0.1) is 11.3 Å². The number of urea groups is 1. The Labute approximate surface area is 121 Å². The molecule has 2 heterocycles. The lowest BCUT2D eigenvalue weighted by molar-refractivity contribution is -0.143. The third kappa shape index (κ3) is 2.51. The van der Waals surface area contributed by atoms with Gasteiger partial charge in [0.2, 0.25) is 0 Å². The Kier molecular flexibility index (Phi) is 4.29. The highest BCUT2D eigenvalue weighted by Gasteiger charge is 2.38. The SMILES string of the molecule is CC(CO)N(C)C(=O)N1CCc2sccc2C1C(=O)O. The molecular weight excluding hydrogens is 280 g/mol. The van der Waals surface area contributed by atoms with Gasteiger partial charge in [0, 0.05) is 18.5 Å². The maximum Gasteiger partial charge on any atom is 0.331 e. The summed E-state index contributed by atoms with van der Waals surface area (Å²) in [5.74, 6) is -1.03. The number of aliphatic hydroxyl groups is 1. The summed E-state index contributed by atoms with van der Waals surface area (Å²) in [5, 5.41) is 20.4. The van der Waals surface area contributed by atoms with Gasteiger partial charge in [-0.05, 0) is 30.4 Å². The molecule has 2 amide bonds. The Morgan fingerprint density at radius 3 is 2.90 bits per heavy atom. The number of amides is 2. The fraction of sp³-hybridized carbons (Fsp3) is 0.538. The van der Waals surface area contributed by atoms with Crippen molar-refractivity contribution in [3.8, 4) is 0 Å². The van der Waals surface area contributed by atoms with Gasteiger partial charge in [-0.2, -0.15) is 0 Å². The zero-order valence-corrected chi connectivity index (χ0v) is 12.3. The van der Waals surface area contributed by atoms with E-state index in [-0.39, 0.29) is 18.7 Å². The van der Waals surface area contributed by atoms with Gasteiger partial charge in [0.1, 0.15) is 0 Å². The first-order chi connectivity index (χ1) is 9.47. The molecular formula is C13H18N2O4S. The molecule has 0 saturated carbocycles. The number of carbonyl (C=O) groups is 2. The molecule has 0 aromatic carbocycles. The van der Waals surface area contributed by atoms with Crippen molar-refractivity contribution in [2.24, 2.45) is 0 Å². The monoisotopic (exact) mass is 298 g/mol. The van der Waals surface area contributed by atoms with Crippen molar-refractivity contribution in [2.75, 3.05) is 20.2 Å². The summed E-state index contributed by atoms with van der Waals surface area (Å²) in [6.45, 7) is 1.94. The molecule has 0 spiro atoms. The molecule has 0 fully saturated rings. The molecule has 2 N–H and O–H groups in total. The van der Waals surface area contributed by atoms with Crippen molar-refractivity contribution in [3.63, 3.8) is 0 Å². The molecule has 0 saturated heterocycles. The van der Waals surface area contributed by atoms with E-state index >= 15 is 0 Å². The van der Waals surface area contributed by atoms with Gasteiger partial charge in [0.05, 0.1) is 12.6 Å². The number of aliphatic carboxylic acids is 1.